The first-order valence-corrected chi connectivity index (χ1v) is 16.4. The fourth-order valence-electron chi connectivity index (χ4n) is 7.46. The van der Waals surface area contributed by atoms with Gasteiger partial charge >= 0.3 is 0 Å². The lowest BCUT2D eigenvalue weighted by molar-refractivity contribution is 0.590. The molecule has 0 bridgehead atoms. The minimum atomic E-state index is 0.111. The van der Waals surface area contributed by atoms with Crippen molar-refractivity contribution in [2.75, 3.05) is 0 Å². The molecule has 9 rings (SSSR count). The van der Waals surface area contributed by atoms with Crippen LogP contribution in [-0.2, 0) is 5.41 Å². The second kappa shape index (κ2) is 10.4. The Hall–Kier alpha value is -5.66. The minimum absolute atomic E-state index is 0.111. The molecule has 0 saturated carbocycles. The van der Waals surface area contributed by atoms with Gasteiger partial charge in [0.15, 0.2) is 0 Å². The van der Waals surface area contributed by atoms with E-state index >= 15 is 0 Å². The van der Waals surface area contributed by atoms with Gasteiger partial charge in [0.2, 0.25) is 0 Å². The number of rotatable bonds is 3. The Labute approximate surface area is 274 Å². The Balaban J connectivity index is 1.24. The number of benzene rings is 8. The highest BCUT2D eigenvalue weighted by Crippen LogP contribution is 2.45. The van der Waals surface area contributed by atoms with Crippen molar-refractivity contribution in [1.82, 2.24) is 0 Å². The highest BCUT2D eigenvalue weighted by molar-refractivity contribution is 6.22. The van der Waals surface area contributed by atoms with Gasteiger partial charge in [-0.1, -0.05) is 148 Å². The van der Waals surface area contributed by atoms with Gasteiger partial charge in [0.25, 0.3) is 0 Å². The van der Waals surface area contributed by atoms with Gasteiger partial charge in [-0.05, 0) is 101 Å². The molecule has 1 heterocycles. The van der Waals surface area contributed by atoms with Crippen molar-refractivity contribution in [2.24, 2.45) is 0 Å². The molecule has 0 saturated heterocycles. The molecule has 0 fully saturated rings. The summed E-state index contributed by atoms with van der Waals surface area (Å²) in [4.78, 5) is 0. The molecule has 1 aromatic heterocycles. The molecule has 0 radical (unpaired) electrons. The lowest BCUT2D eigenvalue weighted by atomic mass is 9.83. The van der Waals surface area contributed by atoms with Crippen LogP contribution in [0.3, 0.4) is 0 Å². The second-order valence-corrected chi connectivity index (χ2v) is 13.7. The van der Waals surface area contributed by atoms with Crippen molar-refractivity contribution in [2.45, 2.75) is 26.2 Å². The lowest BCUT2D eigenvalue weighted by Crippen LogP contribution is -2.10. The minimum Gasteiger partial charge on any atom is -0.456 e. The summed E-state index contributed by atoms with van der Waals surface area (Å²) >= 11 is 0. The van der Waals surface area contributed by atoms with Crippen LogP contribution in [0.25, 0.3) is 87.6 Å². The Bertz CT molecular complexity index is 2580. The summed E-state index contributed by atoms with van der Waals surface area (Å²) in [6, 6.07) is 55.3. The van der Waals surface area contributed by atoms with Gasteiger partial charge in [-0.25, -0.2) is 0 Å². The first kappa shape index (κ1) is 27.6. The Morgan fingerprint density at radius 1 is 0.383 bits per heavy atom. The summed E-state index contributed by atoms with van der Waals surface area (Å²) in [5, 5.41) is 9.81. The monoisotopic (exact) mass is 602 g/mol. The molecule has 0 amide bonds. The fourth-order valence-corrected chi connectivity index (χ4v) is 7.46. The molecule has 0 N–H and O–H groups in total. The van der Waals surface area contributed by atoms with Crippen LogP contribution in [0.4, 0.5) is 0 Å². The molecule has 0 aliphatic heterocycles. The molecule has 47 heavy (non-hydrogen) atoms. The summed E-state index contributed by atoms with van der Waals surface area (Å²) in [5.41, 5.74) is 10.6. The van der Waals surface area contributed by atoms with Crippen molar-refractivity contribution in [1.29, 1.82) is 0 Å². The zero-order valence-electron chi connectivity index (χ0n) is 26.8. The third-order valence-corrected chi connectivity index (χ3v) is 9.83. The Morgan fingerprint density at radius 3 is 1.60 bits per heavy atom. The van der Waals surface area contributed by atoms with E-state index in [1.54, 1.807) is 0 Å². The van der Waals surface area contributed by atoms with Crippen LogP contribution in [0.2, 0.25) is 0 Å². The summed E-state index contributed by atoms with van der Waals surface area (Å²) in [5.74, 6) is 0. The SMILES string of the molecule is CC(C)(C)c1ccc(-c2c3ccccc3c(-c3ccc4oc5cc(-c6cccc7ccccc67)ccc5c4c3)c3ccccc23)cc1. The molecular weight excluding hydrogens is 569 g/mol. The van der Waals surface area contributed by atoms with E-state index in [1.165, 1.54) is 65.7 Å². The zero-order chi connectivity index (χ0) is 31.7. The van der Waals surface area contributed by atoms with E-state index in [2.05, 4.69) is 172 Å². The lowest BCUT2D eigenvalue weighted by Gasteiger charge is -2.21. The van der Waals surface area contributed by atoms with Crippen LogP contribution in [0, 0.1) is 0 Å². The standard InChI is InChI=1S/C46H34O/c1-46(2,3)33-23-19-30(20-24-33)44-37-14-6-8-16-39(37)45(40-17-9-7-15-38(40)44)32-22-26-42-41(27-32)36-25-21-31(28-43(36)47-42)35-18-10-12-29-11-4-5-13-34(29)35/h4-28H,1-3H3. The van der Waals surface area contributed by atoms with Gasteiger partial charge in [0, 0.05) is 10.8 Å². The third kappa shape index (κ3) is 4.46. The molecule has 0 unspecified atom stereocenters. The highest BCUT2D eigenvalue weighted by Gasteiger charge is 2.19. The van der Waals surface area contributed by atoms with Gasteiger partial charge in [-0.2, -0.15) is 0 Å². The van der Waals surface area contributed by atoms with E-state index in [1.807, 2.05) is 0 Å². The van der Waals surface area contributed by atoms with Crippen molar-refractivity contribution in [3.05, 3.63) is 157 Å². The number of fused-ring (bicyclic) bond motifs is 6. The molecule has 0 aliphatic rings. The zero-order valence-corrected chi connectivity index (χ0v) is 26.8. The molecule has 0 aliphatic carbocycles. The predicted molar refractivity (Wildman–Crippen MR) is 201 cm³/mol. The number of hydrogen-bond acceptors (Lipinski definition) is 1. The van der Waals surface area contributed by atoms with E-state index in [0.29, 0.717) is 0 Å². The quantitative estimate of drug-likeness (QED) is 0.183. The first-order chi connectivity index (χ1) is 22.9. The molecule has 0 atom stereocenters. The summed E-state index contributed by atoms with van der Waals surface area (Å²) < 4.78 is 6.50. The van der Waals surface area contributed by atoms with Crippen LogP contribution in [0.15, 0.2) is 156 Å². The third-order valence-electron chi connectivity index (χ3n) is 9.83. The molecule has 224 valence electrons. The molecular formula is C46H34O. The first-order valence-electron chi connectivity index (χ1n) is 16.4. The highest BCUT2D eigenvalue weighted by atomic mass is 16.3. The van der Waals surface area contributed by atoms with Gasteiger partial charge < -0.3 is 4.42 Å². The van der Waals surface area contributed by atoms with Gasteiger partial charge in [-0.15, -0.1) is 0 Å². The fraction of sp³-hybridized carbons (Fsp3) is 0.0870. The van der Waals surface area contributed by atoms with Crippen LogP contribution in [0.1, 0.15) is 26.3 Å². The van der Waals surface area contributed by atoms with E-state index in [0.717, 1.165) is 27.5 Å². The molecule has 0 spiro atoms. The maximum atomic E-state index is 6.50. The van der Waals surface area contributed by atoms with Crippen LogP contribution in [0.5, 0.6) is 0 Å². The molecule has 1 nitrogen and oxygen atoms in total. The maximum absolute atomic E-state index is 6.50. The molecule has 8 aromatic carbocycles. The van der Waals surface area contributed by atoms with Crippen molar-refractivity contribution in [3.63, 3.8) is 0 Å². The van der Waals surface area contributed by atoms with Crippen molar-refractivity contribution < 1.29 is 4.42 Å². The van der Waals surface area contributed by atoms with E-state index in [4.69, 9.17) is 4.42 Å². The smallest absolute Gasteiger partial charge is 0.136 e. The topological polar surface area (TPSA) is 13.1 Å². The predicted octanol–water partition coefficient (Wildman–Crippen LogP) is 13.3. The Morgan fingerprint density at radius 2 is 0.936 bits per heavy atom. The van der Waals surface area contributed by atoms with Crippen LogP contribution in [-0.4, -0.2) is 0 Å². The average Bonchev–Trinajstić information content (AvgIpc) is 3.47. The van der Waals surface area contributed by atoms with Crippen LogP contribution >= 0.6 is 0 Å². The van der Waals surface area contributed by atoms with E-state index in [-0.39, 0.29) is 5.41 Å². The Kier molecular flexibility index (Phi) is 6.14. The second-order valence-electron chi connectivity index (χ2n) is 13.7. The summed E-state index contributed by atoms with van der Waals surface area (Å²) in [6.45, 7) is 6.81. The van der Waals surface area contributed by atoms with Crippen LogP contribution < -0.4 is 0 Å². The average molecular weight is 603 g/mol. The summed E-state index contributed by atoms with van der Waals surface area (Å²) in [7, 11) is 0. The van der Waals surface area contributed by atoms with Gasteiger partial charge in [0.1, 0.15) is 11.2 Å². The number of furan rings is 1. The largest absolute Gasteiger partial charge is 0.456 e. The van der Waals surface area contributed by atoms with Gasteiger partial charge in [-0.3, -0.25) is 0 Å². The van der Waals surface area contributed by atoms with E-state index < -0.39 is 0 Å². The van der Waals surface area contributed by atoms with Crippen molar-refractivity contribution >= 4 is 54.3 Å². The summed E-state index contributed by atoms with van der Waals surface area (Å²) in [6.07, 6.45) is 0. The van der Waals surface area contributed by atoms with Gasteiger partial charge in [0.05, 0.1) is 0 Å². The molecule has 9 aromatic rings. The number of hydrogen-bond donors (Lipinski definition) is 0. The maximum Gasteiger partial charge on any atom is 0.136 e. The van der Waals surface area contributed by atoms with E-state index in [9.17, 15) is 0 Å². The normalized spacial score (nSPS) is 12.1. The molecule has 1 heteroatoms. The van der Waals surface area contributed by atoms with Crippen molar-refractivity contribution in [3.8, 4) is 33.4 Å².